The highest BCUT2D eigenvalue weighted by molar-refractivity contribution is 5.40. The Kier molecular flexibility index (Phi) is 3.87. The molecule has 2 nitrogen and oxygen atoms in total. The smallest absolute Gasteiger partial charge is 0.0397 e. The van der Waals surface area contributed by atoms with E-state index in [1.165, 1.54) is 42.5 Å². The molecule has 20 heavy (non-hydrogen) atoms. The number of benzene rings is 1. The molecule has 1 aromatic rings. The van der Waals surface area contributed by atoms with E-state index < -0.39 is 0 Å². The lowest BCUT2D eigenvalue weighted by Gasteiger charge is -2.31. The van der Waals surface area contributed by atoms with Crippen molar-refractivity contribution in [1.82, 2.24) is 10.2 Å². The van der Waals surface area contributed by atoms with Crippen LogP contribution in [0.15, 0.2) is 12.1 Å². The predicted octanol–water partition coefficient (Wildman–Crippen LogP) is 3.36. The standard InChI is InChI=1S/C18H28N2/c1-12-9-13(2)17(14(3)10-12)18-15(11-19-4)7-8-20(18)16-5-6-16/h9-10,15-16,18-19H,5-8,11H2,1-4H3. The summed E-state index contributed by atoms with van der Waals surface area (Å²) in [5.74, 6) is 0.765. The van der Waals surface area contributed by atoms with Gasteiger partial charge in [0.05, 0.1) is 0 Å². The molecule has 0 radical (unpaired) electrons. The van der Waals surface area contributed by atoms with Crippen molar-refractivity contribution in [3.63, 3.8) is 0 Å². The molecule has 1 saturated heterocycles. The van der Waals surface area contributed by atoms with Crippen LogP contribution in [0.5, 0.6) is 0 Å². The van der Waals surface area contributed by atoms with Crippen molar-refractivity contribution in [2.45, 2.75) is 52.1 Å². The summed E-state index contributed by atoms with van der Waals surface area (Å²) >= 11 is 0. The minimum Gasteiger partial charge on any atom is -0.319 e. The van der Waals surface area contributed by atoms with E-state index in [9.17, 15) is 0 Å². The van der Waals surface area contributed by atoms with E-state index in [1.807, 2.05) is 0 Å². The van der Waals surface area contributed by atoms with Gasteiger partial charge in [-0.2, -0.15) is 0 Å². The molecule has 0 bridgehead atoms. The maximum Gasteiger partial charge on any atom is 0.0397 e. The second kappa shape index (κ2) is 5.50. The van der Waals surface area contributed by atoms with Gasteiger partial charge >= 0.3 is 0 Å². The maximum absolute atomic E-state index is 3.41. The molecule has 1 saturated carbocycles. The zero-order valence-corrected chi connectivity index (χ0v) is 13.4. The summed E-state index contributed by atoms with van der Waals surface area (Å²) in [6, 6.07) is 6.22. The van der Waals surface area contributed by atoms with E-state index in [0.717, 1.165) is 18.5 Å². The van der Waals surface area contributed by atoms with Crippen LogP contribution in [-0.2, 0) is 0 Å². The number of rotatable bonds is 4. The topological polar surface area (TPSA) is 15.3 Å². The molecule has 0 aromatic heterocycles. The summed E-state index contributed by atoms with van der Waals surface area (Å²) in [5, 5.41) is 3.41. The van der Waals surface area contributed by atoms with Gasteiger partial charge in [0.25, 0.3) is 0 Å². The Hall–Kier alpha value is -0.860. The number of hydrogen-bond donors (Lipinski definition) is 1. The zero-order valence-electron chi connectivity index (χ0n) is 13.4. The van der Waals surface area contributed by atoms with Crippen molar-refractivity contribution >= 4 is 0 Å². The predicted molar refractivity (Wildman–Crippen MR) is 85.2 cm³/mol. The Morgan fingerprint density at radius 1 is 1.10 bits per heavy atom. The number of hydrogen-bond acceptors (Lipinski definition) is 2. The molecule has 0 amide bonds. The third-order valence-electron chi connectivity index (χ3n) is 5.08. The van der Waals surface area contributed by atoms with Crippen molar-refractivity contribution in [2.75, 3.05) is 20.1 Å². The molecule has 3 rings (SSSR count). The monoisotopic (exact) mass is 272 g/mol. The number of likely N-dealkylation sites (tertiary alicyclic amines) is 1. The van der Waals surface area contributed by atoms with E-state index >= 15 is 0 Å². The highest BCUT2D eigenvalue weighted by atomic mass is 15.2. The molecular weight excluding hydrogens is 244 g/mol. The van der Waals surface area contributed by atoms with Crippen LogP contribution in [0.3, 0.4) is 0 Å². The van der Waals surface area contributed by atoms with E-state index in [2.05, 4.69) is 50.2 Å². The highest BCUT2D eigenvalue weighted by Crippen LogP contribution is 2.45. The first-order valence-corrected chi connectivity index (χ1v) is 8.10. The maximum atomic E-state index is 3.41. The van der Waals surface area contributed by atoms with E-state index in [0.29, 0.717) is 6.04 Å². The van der Waals surface area contributed by atoms with Gasteiger partial charge in [0.2, 0.25) is 0 Å². The van der Waals surface area contributed by atoms with Crippen LogP contribution >= 0.6 is 0 Å². The van der Waals surface area contributed by atoms with Gasteiger partial charge in [-0.15, -0.1) is 0 Å². The molecule has 1 N–H and O–H groups in total. The molecule has 2 aliphatic rings. The highest BCUT2D eigenvalue weighted by Gasteiger charge is 2.43. The van der Waals surface area contributed by atoms with Gasteiger partial charge in [0.15, 0.2) is 0 Å². The summed E-state index contributed by atoms with van der Waals surface area (Å²) in [5.41, 5.74) is 5.98. The van der Waals surface area contributed by atoms with E-state index in [4.69, 9.17) is 0 Å². The van der Waals surface area contributed by atoms with Gasteiger partial charge in [0, 0.05) is 12.1 Å². The van der Waals surface area contributed by atoms with Crippen LogP contribution in [0.25, 0.3) is 0 Å². The van der Waals surface area contributed by atoms with Crippen molar-refractivity contribution in [3.05, 3.63) is 34.4 Å². The van der Waals surface area contributed by atoms with Gasteiger partial charge in [-0.3, -0.25) is 4.90 Å². The normalized spacial score (nSPS) is 27.2. The molecule has 2 fully saturated rings. The van der Waals surface area contributed by atoms with Crippen molar-refractivity contribution in [3.8, 4) is 0 Å². The van der Waals surface area contributed by atoms with Crippen LogP contribution < -0.4 is 5.32 Å². The molecule has 0 spiro atoms. The Labute approximate surface area is 123 Å². The van der Waals surface area contributed by atoms with Crippen LogP contribution in [0.4, 0.5) is 0 Å². The Balaban J connectivity index is 1.98. The van der Waals surface area contributed by atoms with Crippen LogP contribution in [-0.4, -0.2) is 31.1 Å². The summed E-state index contributed by atoms with van der Waals surface area (Å²) < 4.78 is 0. The zero-order chi connectivity index (χ0) is 14.3. The lowest BCUT2D eigenvalue weighted by molar-refractivity contribution is 0.216. The summed E-state index contributed by atoms with van der Waals surface area (Å²) in [4.78, 5) is 2.80. The Morgan fingerprint density at radius 2 is 1.75 bits per heavy atom. The fraction of sp³-hybridized carbons (Fsp3) is 0.667. The van der Waals surface area contributed by atoms with E-state index in [1.54, 1.807) is 5.56 Å². The minimum atomic E-state index is 0.635. The van der Waals surface area contributed by atoms with Gasteiger partial charge in [-0.25, -0.2) is 0 Å². The van der Waals surface area contributed by atoms with Crippen molar-refractivity contribution in [2.24, 2.45) is 5.92 Å². The molecular formula is C18H28N2. The van der Waals surface area contributed by atoms with E-state index in [-0.39, 0.29) is 0 Å². The van der Waals surface area contributed by atoms with Gasteiger partial charge in [-0.05, 0) is 82.8 Å². The fourth-order valence-electron chi connectivity index (χ4n) is 4.23. The molecule has 1 heterocycles. The van der Waals surface area contributed by atoms with Crippen molar-refractivity contribution in [1.29, 1.82) is 0 Å². The van der Waals surface area contributed by atoms with Crippen molar-refractivity contribution < 1.29 is 0 Å². The molecule has 1 aromatic carbocycles. The Morgan fingerprint density at radius 3 is 2.30 bits per heavy atom. The first kappa shape index (κ1) is 14.1. The third kappa shape index (κ3) is 2.51. The first-order valence-electron chi connectivity index (χ1n) is 8.10. The average molecular weight is 272 g/mol. The lowest BCUT2D eigenvalue weighted by atomic mass is 9.87. The summed E-state index contributed by atoms with van der Waals surface area (Å²) in [7, 11) is 2.09. The molecule has 2 atom stereocenters. The van der Waals surface area contributed by atoms with Gasteiger partial charge in [0.1, 0.15) is 0 Å². The first-order chi connectivity index (χ1) is 9.61. The lowest BCUT2D eigenvalue weighted by Crippen LogP contribution is -2.31. The largest absolute Gasteiger partial charge is 0.319 e. The summed E-state index contributed by atoms with van der Waals surface area (Å²) in [6.45, 7) is 9.24. The SMILES string of the molecule is CNCC1CCN(C2CC2)C1c1c(C)cc(C)cc1C. The quantitative estimate of drug-likeness (QED) is 0.904. The minimum absolute atomic E-state index is 0.635. The average Bonchev–Trinajstić information content (AvgIpc) is 3.13. The molecule has 2 heteroatoms. The second-order valence-corrected chi connectivity index (χ2v) is 6.83. The molecule has 1 aliphatic heterocycles. The molecule has 2 unspecified atom stereocenters. The fourth-order valence-corrected chi connectivity index (χ4v) is 4.23. The molecule has 110 valence electrons. The Bertz CT molecular complexity index is 467. The van der Waals surface area contributed by atoms with Crippen LogP contribution in [0.1, 0.15) is 47.6 Å². The molecule has 1 aliphatic carbocycles. The van der Waals surface area contributed by atoms with Crippen LogP contribution in [0.2, 0.25) is 0 Å². The number of nitrogens with one attached hydrogen (secondary N) is 1. The van der Waals surface area contributed by atoms with Crippen LogP contribution in [0, 0.1) is 26.7 Å². The summed E-state index contributed by atoms with van der Waals surface area (Å²) in [6.07, 6.45) is 4.16. The number of nitrogens with zero attached hydrogens (tertiary/aromatic N) is 1. The van der Waals surface area contributed by atoms with Gasteiger partial charge < -0.3 is 5.32 Å². The van der Waals surface area contributed by atoms with Gasteiger partial charge in [-0.1, -0.05) is 17.7 Å². The number of aryl methyl sites for hydroxylation is 3. The second-order valence-electron chi connectivity index (χ2n) is 6.83. The third-order valence-corrected chi connectivity index (χ3v) is 5.08.